The summed E-state index contributed by atoms with van der Waals surface area (Å²) in [5.41, 5.74) is 2.60. The number of amides is 1. The Morgan fingerprint density at radius 2 is 2.08 bits per heavy atom. The molecule has 1 fully saturated rings. The predicted molar refractivity (Wildman–Crippen MR) is 96.3 cm³/mol. The van der Waals surface area contributed by atoms with Crippen molar-refractivity contribution in [2.24, 2.45) is 0 Å². The standard InChI is InChI=1S/C18H24N4OS/c1-13(2)15-5-3-14(4-6-15)9-10-19-17(23)11-24-18-21-20-12-22(18)16-7-8-16/h3-6,12-13,16H,7-11H2,1-2H3,(H,19,23). The van der Waals surface area contributed by atoms with Crippen LogP contribution < -0.4 is 5.32 Å². The summed E-state index contributed by atoms with van der Waals surface area (Å²) in [5, 5.41) is 11.9. The number of carbonyl (C=O) groups is 1. The maximum absolute atomic E-state index is 12.0. The maximum Gasteiger partial charge on any atom is 0.230 e. The highest BCUT2D eigenvalue weighted by molar-refractivity contribution is 7.99. The first kappa shape index (κ1) is 17.0. The molecule has 2 aromatic rings. The summed E-state index contributed by atoms with van der Waals surface area (Å²) in [5.74, 6) is 0.982. The number of hydrogen-bond donors (Lipinski definition) is 1. The van der Waals surface area contributed by atoms with Crippen molar-refractivity contribution in [3.63, 3.8) is 0 Å². The lowest BCUT2D eigenvalue weighted by Crippen LogP contribution is -2.27. The first-order valence-corrected chi connectivity index (χ1v) is 9.50. The Hall–Kier alpha value is -1.82. The first-order chi connectivity index (χ1) is 11.6. The molecular formula is C18H24N4OS. The Morgan fingerprint density at radius 1 is 1.33 bits per heavy atom. The molecule has 128 valence electrons. The third kappa shape index (κ3) is 4.60. The summed E-state index contributed by atoms with van der Waals surface area (Å²) < 4.78 is 2.08. The molecule has 0 aliphatic heterocycles. The molecule has 1 N–H and O–H groups in total. The second-order valence-electron chi connectivity index (χ2n) is 6.54. The molecule has 24 heavy (non-hydrogen) atoms. The summed E-state index contributed by atoms with van der Waals surface area (Å²) in [6.07, 6.45) is 4.99. The number of nitrogens with one attached hydrogen (secondary N) is 1. The molecule has 0 spiro atoms. The van der Waals surface area contributed by atoms with Gasteiger partial charge in [0.25, 0.3) is 0 Å². The van der Waals surface area contributed by atoms with Gasteiger partial charge < -0.3 is 9.88 Å². The van der Waals surface area contributed by atoms with E-state index in [1.807, 2.05) is 0 Å². The summed E-state index contributed by atoms with van der Waals surface area (Å²) in [4.78, 5) is 12.0. The van der Waals surface area contributed by atoms with Gasteiger partial charge in [-0.1, -0.05) is 49.9 Å². The van der Waals surface area contributed by atoms with E-state index in [1.54, 1.807) is 6.33 Å². The third-order valence-electron chi connectivity index (χ3n) is 4.20. The zero-order valence-electron chi connectivity index (χ0n) is 14.2. The fourth-order valence-corrected chi connectivity index (χ4v) is 3.35. The van der Waals surface area contributed by atoms with Gasteiger partial charge in [0.1, 0.15) is 6.33 Å². The molecule has 1 aliphatic rings. The molecule has 0 unspecified atom stereocenters. The molecule has 0 bridgehead atoms. The molecule has 1 aromatic heterocycles. The van der Waals surface area contributed by atoms with Crippen molar-refractivity contribution in [2.75, 3.05) is 12.3 Å². The van der Waals surface area contributed by atoms with Crippen LogP contribution in [0.5, 0.6) is 0 Å². The normalized spacial score (nSPS) is 14.1. The highest BCUT2D eigenvalue weighted by atomic mass is 32.2. The van der Waals surface area contributed by atoms with E-state index in [0.717, 1.165) is 11.6 Å². The Morgan fingerprint density at radius 3 is 2.75 bits per heavy atom. The van der Waals surface area contributed by atoms with E-state index < -0.39 is 0 Å². The van der Waals surface area contributed by atoms with Gasteiger partial charge in [-0.15, -0.1) is 10.2 Å². The number of aromatic nitrogens is 3. The van der Waals surface area contributed by atoms with Gasteiger partial charge in [-0.2, -0.15) is 0 Å². The van der Waals surface area contributed by atoms with Gasteiger partial charge in [-0.05, 0) is 36.3 Å². The van der Waals surface area contributed by atoms with Crippen molar-refractivity contribution in [1.29, 1.82) is 0 Å². The van der Waals surface area contributed by atoms with Crippen molar-refractivity contribution in [2.45, 2.75) is 50.2 Å². The fourth-order valence-electron chi connectivity index (χ4n) is 2.54. The van der Waals surface area contributed by atoms with Crippen LogP contribution in [0, 0.1) is 0 Å². The number of thioether (sulfide) groups is 1. The lowest BCUT2D eigenvalue weighted by atomic mass is 10.0. The molecule has 1 aromatic carbocycles. The van der Waals surface area contributed by atoms with Crippen LogP contribution in [-0.2, 0) is 11.2 Å². The van der Waals surface area contributed by atoms with E-state index in [4.69, 9.17) is 0 Å². The van der Waals surface area contributed by atoms with Gasteiger partial charge in [0.05, 0.1) is 5.75 Å². The Balaban J connectivity index is 1.38. The minimum absolute atomic E-state index is 0.0455. The van der Waals surface area contributed by atoms with Crippen LogP contribution in [0.2, 0.25) is 0 Å². The number of rotatable bonds is 8. The van der Waals surface area contributed by atoms with Crippen LogP contribution in [-0.4, -0.2) is 33.0 Å². The summed E-state index contributed by atoms with van der Waals surface area (Å²) in [7, 11) is 0. The zero-order chi connectivity index (χ0) is 16.9. The number of carbonyl (C=O) groups excluding carboxylic acids is 1. The number of nitrogens with zero attached hydrogens (tertiary/aromatic N) is 3. The first-order valence-electron chi connectivity index (χ1n) is 8.51. The van der Waals surface area contributed by atoms with Crippen LogP contribution in [0.15, 0.2) is 35.7 Å². The van der Waals surface area contributed by atoms with Crippen LogP contribution in [0.3, 0.4) is 0 Å². The smallest absolute Gasteiger partial charge is 0.230 e. The second kappa shape index (κ2) is 7.83. The third-order valence-corrected chi connectivity index (χ3v) is 5.15. The van der Waals surface area contributed by atoms with E-state index >= 15 is 0 Å². The maximum atomic E-state index is 12.0. The molecule has 1 saturated carbocycles. The van der Waals surface area contributed by atoms with Gasteiger partial charge >= 0.3 is 0 Å². The monoisotopic (exact) mass is 344 g/mol. The molecule has 0 radical (unpaired) electrons. The van der Waals surface area contributed by atoms with Crippen LogP contribution >= 0.6 is 11.8 Å². The fraction of sp³-hybridized carbons (Fsp3) is 0.500. The zero-order valence-corrected chi connectivity index (χ0v) is 15.1. The van der Waals surface area contributed by atoms with E-state index in [-0.39, 0.29) is 5.91 Å². The molecule has 5 nitrogen and oxygen atoms in total. The van der Waals surface area contributed by atoms with E-state index in [0.29, 0.717) is 24.3 Å². The Kier molecular flexibility index (Phi) is 5.56. The van der Waals surface area contributed by atoms with Crippen LogP contribution in [0.4, 0.5) is 0 Å². The largest absolute Gasteiger partial charge is 0.355 e. The van der Waals surface area contributed by atoms with Crippen molar-refractivity contribution >= 4 is 17.7 Å². The molecule has 1 amide bonds. The molecule has 3 rings (SSSR count). The number of benzene rings is 1. The van der Waals surface area contributed by atoms with Crippen molar-refractivity contribution in [1.82, 2.24) is 20.1 Å². The molecule has 6 heteroatoms. The quantitative estimate of drug-likeness (QED) is 0.747. The summed E-state index contributed by atoms with van der Waals surface area (Å²) >= 11 is 1.46. The van der Waals surface area contributed by atoms with Gasteiger partial charge in [0, 0.05) is 12.6 Å². The van der Waals surface area contributed by atoms with Gasteiger partial charge in [0.2, 0.25) is 5.91 Å². The van der Waals surface area contributed by atoms with Crippen LogP contribution in [0.1, 0.15) is 49.8 Å². The van der Waals surface area contributed by atoms with E-state index in [1.165, 1.54) is 35.7 Å². The van der Waals surface area contributed by atoms with Crippen molar-refractivity contribution in [3.8, 4) is 0 Å². The molecule has 1 aliphatic carbocycles. The molecule has 0 saturated heterocycles. The highest BCUT2D eigenvalue weighted by Crippen LogP contribution is 2.37. The Labute approximate surface area is 147 Å². The van der Waals surface area contributed by atoms with Crippen LogP contribution in [0.25, 0.3) is 0 Å². The predicted octanol–water partition coefficient (Wildman–Crippen LogP) is 3.19. The highest BCUT2D eigenvalue weighted by Gasteiger charge is 2.26. The lowest BCUT2D eigenvalue weighted by molar-refractivity contribution is -0.118. The summed E-state index contributed by atoms with van der Waals surface area (Å²) in [6.45, 7) is 5.05. The number of hydrogen-bond acceptors (Lipinski definition) is 4. The van der Waals surface area contributed by atoms with Gasteiger partial charge in [0.15, 0.2) is 5.16 Å². The van der Waals surface area contributed by atoms with E-state index in [2.05, 4.69) is 58.2 Å². The lowest BCUT2D eigenvalue weighted by Gasteiger charge is -2.08. The second-order valence-corrected chi connectivity index (χ2v) is 7.48. The van der Waals surface area contributed by atoms with Gasteiger partial charge in [-0.25, -0.2) is 0 Å². The minimum Gasteiger partial charge on any atom is -0.355 e. The summed E-state index contributed by atoms with van der Waals surface area (Å²) in [6, 6.07) is 9.17. The minimum atomic E-state index is 0.0455. The Bertz CT molecular complexity index is 677. The molecule has 1 heterocycles. The van der Waals surface area contributed by atoms with Crippen molar-refractivity contribution < 1.29 is 4.79 Å². The SMILES string of the molecule is CC(C)c1ccc(CCNC(=O)CSc2nncn2C2CC2)cc1. The van der Waals surface area contributed by atoms with E-state index in [9.17, 15) is 4.79 Å². The average molecular weight is 344 g/mol. The topological polar surface area (TPSA) is 59.8 Å². The van der Waals surface area contributed by atoms with Gasteiger partial charge in [-0.3, -0.25) is 4.79 Å². The average Bonchev–Trinajstić information content (AvgIpc) is 3.31. The molecule has 0 atom stereocenters. The van der Waals surface area contributed by atoms with Crippen molar-refractivity contribution in [3.05, 3.63) is 41.7 Å². The molecular weight excluding hydrogens is 320 g/mol.